The zero-order chi connectivity index (χ0) is 23.9. The number of fused-ring (bicyclic) bond motifs is 2. The number of benzene rings is 2. The molecule has 0 unspecified atom stereocenters. The van der Waals surface area contributed by atoms with Crippen molar-refractivity contribution in [2.24, 2.45) is 0 Å². The van der Waals surface area contributed by atoms with Crippen LogP contribution in [0.1, 0.15) is 18.9 Å². The highest BCUT2D eigenvalue weighted by Gasteiger charge is 2.39. The molecule has 1 atom stereocenters. The van der Waals surface area contributed by atoms with Crippen LogP contribution in [0.2, 0.25) is 0 Å². The van der Waals surface area contributed by atoms with Crippen LogP contribution in [0.3, 0.4) is 0 Å². The van der Waals surface area contributed by atoms with Gasteiger partial charge in [0, 0.05) is 32.2 Å². The van der Waals surface area contributed by atoms with Crippen molar-refractivity contribution < 1.29 is 27.5 Å². The van der Waals surface area contributed by atoms with Crippen molar-refractivity contribution in [3.63, 3.8) is 0 Å². The first kappa shape index (κ1) is 22.7. The summed E-state index contributed by atoms with van der Waals surface area (Å²) in [6.45, 7) is 3.81. The fraction of sp³-hybridized carbons (Fsp3) is 0.417. The predicted octanol–water partition coefficient (Wildman–Crippen LogP) is 1.80. The molecule has 0 spiro atoms. The Labute approximate surface area is 198 Å². The fourth-order valence-electron chi connectivity index (χ4n) is 4.73. The topological polar surface area (TPSA) is 96.5 Å². The number of rotatable bonds is 3. The Morgan fingerprint density at radius 1 is 1.00 bits per heavy atom. The number of hydrogen-bond acceptors (Lipinski definition) is 6. The van der Waals surface area contributed by atoms with Crippen LogP contribution in [-0.4, -0.2) is 70.6 Å². The molecule has 3 aliphatic rings. The lowest BCUT2D eigenvalue weighted by Crippen LogP contribution is -2.54. The van der Waals surface area contributed by atoms with E-state index in [0.29, 0.717) is 50.7 Å². The third-order valence-corrected chi connectivity index (χ3v) is 8.25. The molecule has 34 heavy (non-hydrogen) atoms. The lowest BCUT2D eigenvalue weighted by molar-refractivity contribution is -0.142. The summed E-state index contributed by atoms with van der Waals surface area (Å²) in [5.41, 5.74) is 1.97. The maximum absolute atomic E-state index is 13.8. The lowest BCUT2D eigenvalue weighted by atomic mass is 10.0. The number of sulfonamides is 1. The highest BCUT2D eigenvalue weighted by molar-refractivity contribution is 7.92. The number of anilines is 2. The van der Waals surface area contributed by atoms with E-state index in [1.807, 2.05) is 0 Å². The van der Waals surface area contributed by atoms with Crippen molar-refractivity contribution in [2.75, 3.05) is 48.6 Å². The van der Waals surface area contributed by atoms with Crippen LogP contribution in [0.4, 0.5) is 11.4 Å². The number of carbonyl (C=O) groups excluding carboxylic acids is 2. The third kappa shape index (κ3) is 4.01. The second-order valence-corrected chi connectivity index (χ2v) is 10.5. The first-order valence-electron chi connectivity index (χ1n) is 11.4. The van der Waals surface area contributed by atoms with Crippen molar-refractivity contribution in [3.8, 4) is 5.75 Å². The molecule has 3 aliphatic heterocycles. The summed E-state index contributed by atoms with van der Waals surface area (Å²) in [5, 5.41) is 0. The van der Waals surface area contributed by atoms with Crippen LogP contribution in [0.5, 0.6) is 5.75 Å². The Hall–Kier alpha value is -3.11. The van der Waals surface area contributed by atoms with E-state index < -0.39 is 16.1 Å². The van der Waals surface area contributed by atoms with Gasteiger partial charge in [-0.15, -0.1) is 0 Å². The number of amides is 2. The fourth-order valence-corrected chi connectivity index (χ4v) is 6.26. The van der Waals surface area contributed by atoms with Gasteiger partial charge in [-0.2, -0.15) is 0 Å². The van der Waals surface area contributed by atoms with Crippen LogP contribution in [0.15, 0.2) is 47.4 Å². The monoisotopic (exact) mass is 485 g/mol. The molecule has 0 saturated carbocycles. The SMILES string of the molecule is CC(=O)N1CCCc2cc(S(=O)(=O)N3C[C@H](C(=O)N4CCOCC4)Oc4ccccc43)ccc21. The zero-order valence-corrected chi connectivity index (χ0v) is 19.8. The Balaban J connectivity index is 1.50. The maximum atomic E-state index is 13.8. The van der Waals surface area contributed by atoms with Gasteiger partial charge in [-0.25, -0.2) is 8.42 Å². The zero-order valence-electron chi connectivity index (χ0n) is 19.0. The van der Waals surface area contributed by atoms with E-state index in [9.17, 15) is 18.0 Å². The molecule has 2 amide bonds. The predicted molar refractivity (Wildman–Crippen MR) is 126 cm³/mol. The van der Waals surface area contributed by atoms with Crippen molar-refractivity contribution in [1.29, 1.82) is 0 Å². The van der Waals surface area contributed by atoms with Crippen LogP contribution < -0.4 is 13.9 Å². The Morgan fingerprint density at radius 3 is 2.53 bits per heavy atom. The Morgan fingerprint density at radius 2 is 1.76 bits per heavy atom. The molecule has 0 bridgehead atoms. The van der Waals surface area contributed by atoms with E-state index in [1.165, 1.54) is 17.3 Å². The van der Waals surface area contributed by atoms with Gasteiger partial charge >= 0.3 is 0 Å². The lowest BCUT2D eigenvalue weighted by Gasteiger charge is -2.37. The molecule has 3 heterocycles. The van der Waals surface area contributed by atoms with Crippen LogP contribution in [0, 0.1) is 0 Å². The molecule has 180 valence electrons. The number of morpholine rings is 1. The van der Waals surface area contributed by atoms with Crippen molar-refractivity contribution in [3.05, 3.63) is 48.0 Å². The van der Waals surface area contributed by atoms with Gasteiger partial charge in [-0.05, 0) is 48.7 Å². The van der Waals surface area contributed by atoms with Gasteiger partial charge in [0.25, 0.3) is 15.9 Å². The van der Waals surface area contributed by atoms with Gasteiger partial charge in [0.05, 0.1) is 30.3 Å². The minimum absolute atomic E-state index is 0.0665. The molecule has 0 radical (unpaired) electrons. The average Bonchev–Trinajstić information content (AvgIpc) is 2.87. The van der Waals surface area contributed by atoms with E-state index in [1.54, 1.807) is 46.2 Å². The van der Waals surface area contributed by atoms with Crippen molar-refractivity contribution in [1.82, 2.24) is 4.90 Å². The van der Waals surface area contributed by atoms with E-state index in [0.717, 1.165) is 17.7 Å². The summed E-state index contributed by atoms with van der Waals surface area (Å²) < 4.78 is 40.2. The first-order chi connectivity index (χ1) is 16.4. The normalized spacial score (nSPS) is 20.3. The maximum Gasteiger partial charge on any atom is 0.265 e. The van der Waals surface area contributed by atoms with Crippen LogP contribution in [-0.2, 0) is 30.8 Å². The van der Waals surface area contributed by atoms with Crippen molar-refractivity contribution in [2.45, 2.75) is 30.8 Å². The average molecular weight is 486 g/mol. The number of carbonyl (C=O) groups is 2. The highest BCUT2D eigenvalue weighted by Crippen LogP contribution is 2.38. The molecule has 0 N–H and O–H groups in total. The number of ether oxygens (including phenoxy) is 2. The van der Waals surface area contributed by atoms with Gasteiger partial charge in [0.15, 0.2) is 6.10 Å². The molecule has 5 rings (SSSR count). The van der Waals surface area contributed by atoms with Crippen LogP contribution in [0.25, 0.3) is 0 Å². The molecule has 0 aromatic heterocycles. The molecule has 1 saturated heterocycles. The second kappa shape index (κ2) is 8.92. The first-order valence-corrected chi connectivity index (χ1v) is 12.9. The van der Waals surface area contributed by atoms with Gasteiger partial charge in [-0.1, -0.05) is 12.1 Å². The Bertz CT molecular complexity index is 1220. The molecule has 10 heteroatoms. The molecular formula is C24H27N3O6S. The molecular weight excluding hydrogens is 458 g/mol. The van der Waals surface area contributed by atoms with Crippen LogP contribution >= 0.6 is 0 Å². The molecule has 0 aliphatic carbocycles. The van der Waals surface area contributed by atoms with E-state index >= 15 is 0 Å². The van der Waals surface area contributed by atoms with E-state index in [2.05, 4.69) is 0 Å². The summed E-state index contributed by atoms with van der Waals surface area (Å²) in [7, 11) is -3.99. The van der Waals surface area contributed by atoms with Gasteiger partial charge in [0.1, 0.15) is 5.75 Å². The Kier molecular flexibility index (Phi) is 5.95. The van der Waals surface area contributed by atoms with Gasteiger partial charge < -0.3 is 19.3 Å². The van der Waals surface area contributed by atoms with E-state index in [4.69, 9.17) is 9.47 Å². The van der Waals surface area contributed by atoms with Crippen molar-refractivity contribution >= 4 is 33.2 Å². The number of hydrogen-bond donors (Lipinski definition) is 0. The summed E-state index contributed by atoms with van der Waals surface area (Å²) in [5.74, 6) is 0.0355. The molecule has 2 aromatic rings. The quantitative estimate of drug-likeness (QED) is 0.658. The minimum Gasteiger partial charge on any atom is -0.476 e. The van der Waals surface area contributed by atoms with E-state index in [-0.39, 0.29) is 23.3 Å². The summed E-state index contributed by atoms with van der Waals surface area (Å²) in [6, 6.07) is 11.7. The second-order valence-electron chi connectivity index (χ2n) is 8.61. The van der Waals surface area contributed by atoms with Gasteiger partial charge in [0.2, 0.25) is 5.91 Å². The number of nitrogens with zero attached hydrogens (tertiary/aromatic N) is 3. The molecule has 2 aromatic carbocycles. The highest BCUT2D eigenvalue weighted by atomic mass is 32.2. The summed E-state index contributed by atoms with van der Waals surface area (Å²) >= 11 is 0. The van der Waals surface area contributed by atoms with Gasteiger partial charge in [-0.3, -0.25) is 13.9 Å². The smallest absolute Gasteiger partial charge is 0.265 e. The minimum atomic E-state index is -3.99. The number of para-hydroxylation sites is 2. The third-order valence-electron chi connectivity index (χ3n) is 6.47. The number of aryl methyl sites for hydroxylation is 1. The standard InChI is InChI=1S/C24H27N3O6S/c1-17(28)26-10-4-5-18-15-19(8-9-20(18)26)34(30,31)27-16-23(24(29)25-11-13-32-14-12-25)33-22-7-3-2-6-21(22)27/h2-3,6-9,15,23H,4-5,10-14,16H2,1H3/t23-/m1/s1. The summed E-state index contributed by atoms with van der Waals surface area (Å²) in [6.07, 6.45) is 0.515. The molecule has 1 fully saturated rings. The molecule has 9 nitrogen and oxygen atoms in total. The largest absolute Gasteiger partial charge is 0.476 e. The summed E-state index contributed by atoms with van der Waals surface area (Å²) in [4.78, 5) is 28.6.